The Kier molecular flexibility index (Phi) is 46.9. The molecule has 0 aromatic carbocycles. The molecular weight excluding hydrogens is 745 g/mol. The molecule has 0 radical (unpaired) electrons. The molecule has 0 N–H and O–H groups in total. The van der Waals surface area contributed by atoms with Crippen LogP contribution in [0.15, 0.2) is 48.6 Å². The highest BCUT2D eigenvalue weighted by Gasteiger charge is 2.19. The second-order valence-electron chi connectivity index (χ2n) is 17.1. The number of carbonyl (C=O) groups excluding carboxylic acids is 3. The molecule has 1 atom stereocenters. The van der Waals surface area contributed by atoms with E-state index in [0.29, 0.717) is 19.3 Å². The van der Waals surface area contributed by atoms with Gasteiger partial charge in [0.2, 0.25) is 0 Å². The Morgan fingerprint density at radius 2 is 0.600 bits per heavy atom. The molecule has 6 nitrogen and oxygen atoms in total. The summed E-state index contributed by atoms with van der Waals surface area (Å²) in [5, 5.41) is 0. The summed E-state index contributed by atoms with van der Waals surface area (Å²) in [4.78, 5) is 37.8. The number of hydrogen-bond acceptors (Lipinski definition) is 6. The van der Waals surface area contributed by atoms with E-state index < -0.39 is 6.10 Å². The molecule has 0 aromatic rings. The van der Waals surface area contributed by atoms with Crippen LogP contribution >= 0.6 is 0 Å². The van der Waals surface area contributed by atoms with Crippen molar-refractivity contribution >= 4 is 17.9 Å². The minimum Gasteiger partial charge on any atom is -0.462 e. The molecule has 0 fully saturated rings. The number of esters is 3. The monoisotopic (exact) mass is 841 g/mol. The molecule has 0 saturated carbocycles. The number of rotatable bonds is 46. The van der Waals surface area contributed by atoms with Crippen LogP contribution in [0.25, 0.3) is 0 Å². The SMILES string of the molecule is CCCCC/C=C\C/C=C\CCCCCCCCCC(=O)OC(COC(=O)CCCCCCCCC)COC(=O)CCCCCCCCC/C=C\C/C=C\CCCCCC. The summed E-state index contributed by atoms with van der Waals surface area (Å²) < 4.78 is 16.7. The van der Waals surface area contributed by atoms with E-state index in [2.05, 4.69) is 69.4 Å². The fraction of sp³-hybridized carbons (Fsp3) is 0.796. The van der Waals surface area contributed by atoms with Gasteiger partial charge in [-0.05, 0) is 83.5 Å². The Labute approximate surface area is 371 Å². The van der Waals surface area contributed by atoms with Gasteiger partial charge in [-0.3, -0.25) is 14.4 Å². The summed E-state index contributed by atoms with van der Waals surface area (Å²) in [6.45, 7) is 6.55. The van der Waals surface area contributed by atoms with Crippen LogP contribution in [0.4, 0.5) is 0 Å². The first kappa shape index (κ1) is 57.4. The van der Waals surface area contributed by atoms with Gasteiger partial charge < -0.3 is 14.2 Å². The Hall–Kier alpha value is -2.63. The van der Waals surface area contributed by atoms with E-state index >= 15 is 0 Å². The maximum atomic E-state index is 12.8. The molecule has 6 heteroatoms. The highest BCUT2D eigenvalue weighted by atomic mass is 16.6. The van der Waals surface area contributed by atoms with E-state index in [0.717, 1.165) is 83.5 Å². The molecule has 0 aromatic heterocycles. The first-order chi connectivity index (χ1) is 29.5. The Bertz CT molecular complexity index is 1060. The first-order valence-corrected chi connectivity index (χ1v) is 25.6. The number of unbranched alkanes of at least 4 members (excludes halogenated alkanes) is 27. The van der Waals surface area contributed by atoms with Crippen LogP contribution in [0.5, 0.6) is 0 Å². The van der Waals surface area contributed by atoms with Gasteiger partial charge in [-0.1, -0.05) is 204 Å². The minimum absolute atomic E-state index is 0.0781. The summed E-state index contributed by atoms with van der Waals surface area (Å²) in [5.41, 5.74) is 0. The van der Waals surface area contributed by atoms with Gasteiger partial charge in [0.25, 0.3) is 0 Å². The molecule has 0 amide bonds. The highest BCUT2D eigenvalue weighted by molar-refractivity contribution is 5.71. The number of hydrogen-bond donors (Lipinski definition) is 0. The number of ether oxygens (including phenoxy) is 3. The van der Waals surface area contributed by atoms with Gasteiger partial charge in [-0.25, -0.2) is 0 Å². The van der Waals surface area contributed by atoms with Gasteiger partial charge in [0, 0.05) is 19.3 Å². The molecule has 0 bridgehead atoms. The molecule has 0 heterocycles. The van der Waals surface area contributed by atoms with Crippen molar-refractivity contribution in [3.05, 3.63) is 48.6 Å². The average molecular weight is 841 g/mol. The van der Waals surface area contributed by atoms with Crippen molar-refractivity contribution in [3.63, 3.8) is 0 Å². The molecule has 0 rings (SSSR count). The van der Waals surface area contributed by atoms with E-state index in [-0.39, 0.29) is 31.1 Å². The third kappa shape index (κ3) is 46.4. The normalized spacial score (nSPS) is 12.4. The molecule has 0 spiro atoms. The van der Waals surface area contributed by atoms with Crippen molar-refractivity contribution in [2.45, 2.75) is 264 Å². The summed E-state index contributed by atoms with van der Waals surface area (Å²) >= 11 is 0. The first-order valence-electron chi connectivity index (χ1n) is 25.6. The van der Waals surface area contributed by atoms with Gasteiger partial charge in [0.05, 0.1) is 0 Å². The Balaban J connectivity index is 4.28. The number of carbonyl (C=O) groups is 3. The lowest BCUT2D eigenvalue weighted by molar-refractivity contribution is -0.167. The molecule has 0 saturated heterocycles. The van der Waals surface area contributed by atoms with Crippen LogP contribution in [-0.2, 0) is 28.6 Å². The zero-order valence-electron chi connectivity index (χ0n) is 39.7. The highest BCUT2D eigenvalue weighted by Crippen LogP contribution is 2.14. The van der Waals surface area contributed by atoms with Crippen molar-refractivity contribution in [1.82, 2.24) is 0 Å². The maximum absolute atomic E-state index is 12.8. The Morgan fingerprint density at radius 1 is 0.333 bits per heavy atom. The standard InChI is InChI=1S/C54H96O6/c1-4-7-10-13-16-18-20-22-24-26-28-29-31-33-35-38-41-44-47-53(56)59-50-51(49-58-52(55)46-43-40-37-15-12-9-6-3)60-54(57)48-45-42-39-36-34-32-30-27-25-23-21-19-17-14-11-8-5-2/h17-20,23-26,51H,4-16,21-22,27-50H2,1-3H3/b19-17-,20-18-,25-23-,26-24-. The van der Waals surface area contributed by atoms with Gasteiger partial charge in [-0.15, -0.1) is 0 Å². The van der Waals surface area contributed by atoms with Crippen molar-refractivity contribution in [2.24, 2.45) is 0 Å². The number of allylic oxidation sites excluding steroid dienone is 8. The second-order valence-corrected chi connectivity index (χ2v) is 17.1. The van der Waals surface area contributed by atoms with Crippen LogP contribution in [0, 0.1) is 0 Å². The van der Waals surface area contributed by atoms with E-state index in [1.807, 2.05) is 0 Å². The van der Waals surface area contributed by atoms with E-state index in [1.165, 1.54) is 135 Å². The fourth-order valence-electron chi connectivity index (χ4n) is 7.15. The third-order valence-corrected chi connectivity index (χ3v) is 11.1. The minimum atomic E-state index is -0.776. The van der Waals surface area contributed by atoms with E-state index in [9.17, 15) is 14.4 Å². The van der Waals surface area contributed by atoms with Gasteiger partial charge in [0.15, 0.2) is 6.10 Å². The fourth-order valence-corrected chi connectivity index (χ4v) is 7.15. The van der Waals surface area contributed by atoms with Gasteiger partial charge >= 0.3 is 17.9 Å². The molecule has 0 aliphatic carbocycles. The summed E-state index contributed by atoms with van der Waals surface area (Å²) in [5.74, 6) is -0.895. The average Bonchev–Trinajstić information content (AvgIpc) is 3.24. The molecule has 60 heavy (non-hydrogen) atoms. The lowest BCUT2D eigenvalue weighted by Gasteiger charge is -2.18. The van der Waals surface area contributed by atoms with Crippen molar-refractivity contribution in [1.29, 1.82) is 0 Å². The predicted octanol–water partition coefficient (Wildman–Crippen LogP) is 16.7. The maximum Gasteiger partial charge on any atom is 0.306 e. The largest absolute Gasteiger partial charge is 0.462 e. The van der Waals surface area contributed by atoms with Crippen molar-refractivity contribution in [3.8, 4) is 0 Å². The zero-order chi connectivity index (χ0) is 43.7. The van der Waals surface area contributed by atoms with Crippen molar-refractivity contribution < 1.29 is 28.6 Å². The molecule has 348 valence electrons. The lowest BCUT2D eigenvalue weighted by atomic mass is 10.1. The summed E-state index contributed by atoms with van der Waals surface area (Å²) in [6, 6.07) is 0. The van der Waals surface area contributed by atoms with Gasteiger partial charge in [-0.2, -0.15) is 0 Å². The topological polar surface area (TPSA) is 78.9 Å². The molecular formula is C54H96O6. The third-order valence-electron chi connectivity index (χ3n) is 11.1. The van der Waals surface area contributed by atoms with Crippen LogP contribution < -0.4 is 0 Å². The summed E-state index contributed by atoms with van der Waals surface area (Å²) in [6.07, 6.45) is 58.2. The van der Waals surface area contributed by atoms with Crippen LogP contribution in [0.3, 0.4) is 0 Å². The lowest BCUT2D eigenvalue weighted by Crippen LogP contribution is -2.30. The smallest absolute Gasteiger partial charge is 0.306 e. The molecule has 0 aliphatic heterocycles. The quantitative estimate of drug-likeness (QED) is 0.0263. The zero-order valence-corrected chi connectivity index (χ0v) is 39.7. The van der Waals surface area contributed by atoms with Crippen LogP contribution in [-0.4, -0.2) is 37.2 Å². The van der Waals surface area contributed by atoms with E-state index in [4.69, 9.17) is 14.2 Å². The van der Waals surface area contributed by atoms with Crippen LogP contribution in [0.1, 0.15) is 258 Å². The van der Waals surface area contributed by atoms with Crippen molar-refractivity contribution in [2.75, 3.05) is 13.2 Å². The van der Waals surface area contributed by atoms with Gasteiger partial charge in [0.1, 0.15) is 13.2 Å². The van der Waals surface area contributed by atoms with Crippen LogP contribution in [0.2, 0.25) is 0 Å². The summed E-state index contributed by atoms with van der Waals surface area (Å²) in [7, 11) is 0. The Morgan fingerprint density at radius 3 is 0.967 bits per heavy atom. The second kappa shape index (κ2) is 49.0. The molecule has 1 unspecified atom stereocenters. The van der Waals surface area contributed by atoms with E-state index in [1.54, 1.807) is 0 Å². The predicted molar refractivity (Wildman–Crippen MR) is 256 cm³/mol. The molecule has 0 aliphatic rings.